The third kappa shape index (κ3) is 5.77. The predicted octanol–water partition coefficient (Wildman–Crippen LogP) is 4.58. The van der Waals surface area contributed by atoms with Crippen molar-refractivity contribution in [2.45, 2.75) is 51.9 Å². The summed E-state index contributed by atoms with van der Waals surface area (Å²) in [7, 11) is 0.208. The molecule has 7 heteroatoms. The summed E-state index contributed by atoms with van der Waals surface area (Å²) >= 11 is 0. The van der Waals surface area contributed by atoms with Crippen molar-refractivity contribution in [2.24, 2.45) is 0 Å². The minimum atomic E-state index is -1.49. The average Bonchev–Trinajstić information content (AvgIpc) is 2.43. The Bertz CT molecular complexity index is 640. The van der Waals surface area contributed by atoms with Gasteiger partial charge in [-0.3, -0.25) is 4.79 Å². The SMILES string of the molecule is COc1c(OCC[Si](C)(C)C)cc(OC(=O)O)c(C=O)c1C(C)(C)C. The topological polar surface area (TPSA) is 82.1 Å². The lowest BCUT2D eigenvalue weighted by Gasteiger charge is -2.27. The van der Waals surface area contributed by atoms with Gasteiger partial charge in [-0.2, -0.15) is 0 Å². The van der Waals surface area contributed by atoms with Crippen molar-refractivity contribution in [2.75, 3.05) is 13.7 Å². The van der Waals surface area contributed by atoms with Crippen molar-refractivity contribution in [3.8, 4) is 17.2 Å². The van der Waals surface area contributed by atoms with Gasteiger partial charge in [-0.05, 0) is 11.5 Å². The van der Waals surface area contributed by atoms with Crippen LogP contribution in [0, 0.1) is 0 Å². The molecule has 1 rings (SSSR count). The fraction of sp³-hybridized carbons (Fsp3) is 0.556. The number of carbonyl (C=O) groups is 2. The summed E-state index contributed by atoms with van der Waals surface area (Å²) in [5, 5.41) is 8.98. The number of carbonyl (C=O) groups excluding carboxylic acids is 1. The van der Waals surface area contributed by atoms with E-state index in [0.717, 1.165) is 6.04 Å². The van der Waals surface area contributed by atoms with Gasteiger partial charge in [0.25, 0.3) is 0 Å². The Morgan fingerprint density at radius 2 is 1.84 bits per heavy atom. The molecule has 0 spiro atoms. The maximum absolute atomic E-state index is 11.6. The highest BCUT2D eigenvalue weighted by atomic mass is 28.3. The fourth-order valence-electron chi connectivity index (χ4n) is 2.45. The Morgan fingerprint density at radius 3 is 2.24 bits per heavy atom. The number of methoxy groups -OCH3 is 1. The molecule has 1 N–H and O–H groups in total. The number of aldehydes is 1. The van der Waals surface area contributed by atoms with Crippen LogP contribution >= 0.6 is 0 Å². The summed E-state index contributed by atoms with van der Waals surface area (Å²) in [6, 6.07) is 2.35. The first-order chi connectivity index (χ1) is 11.4. The smallest absolute Gasteiger partial charge is 0.493 e. The van der Waals surface area contributed by atoms with Crippen molar-refractivity contribution >= 4 is 20.5 Å². The summed E-state index contributed by atoms with van der Waals surface area (Å²) in [4.78, 5) is 22.6. The van der Waals surface area contributed by atoms with Gasteiger partial charge in [0.1, 0.15) is 5.75 Å². The summed E-state index contributed by atoms with van der Waals surface area (Å²) in [5.41, 5.74) is 0.243. The molecule has 0 radical (unpaired) electrons. The van der Waals surface area contributed by atoms with Crippen molar-refractivity contribution in [1.29, 1.82) is 0 Å². The van der Waals surface area contributed by atoms with Crippen LogP contribution in [0.3, 0.4) is 0 Å². The second-order valence-electron chi connectivity index (χ2n) is 8.09. The Morgan fingerprint density at radius 1 is 1.24 bits per heavy atom. The third-order valence-electron chi connectivity index (χ3n) is 3.63. The van der Waals surface area contributed by atoms with Gasteiger partial charge in [0.15, 0.2) is 17.8 Å². The van der Waals surface area contributed by atoms with E-state index in [1.807, 2.05) is 20.8 Å². The molecule has 6 nitrogen and oxygen atoms in total. The molecule has 0 saturated heterocycles. The zero-order valence-corrected chi connectivity index (χ0v) is 17.1. The molecule has 0 aliphatic carbocycles. The predicted molar refractivity (Wildman–Crippen MR) is 99.4 cm³/mol. The molecule has 0 aromatic heterocycles. The third-order valence-corrected chi connectivity index (χ3v) is 5.33. The van der Waals surface area contributed by atoms with Crippen LogP contribution in [-0.2, 0) is 5.41 Å². The highest BCUT2D eigenvalue weighted by molar-refractivity contribution is 6.76. The lowest BCUT2D eigenvalue weighted by molar-refractivity contribution is 0.111. The number of ether oxygens (including phenoxy) is 3. The summed E-state index contributed by atoms with van der Waals surface area (Å²) in [5.74, 6) is 0.770. The van der Waals surface area contributed by atoms with Crippen LogP contribution in [0.25, 0.3) is 0 Å². The summed E-state index contributed by atoms with van der Waals surface area (Å²) in [6.45, 7) is 12.9. The first-order valence-corrected chi connectivity index (χ1v) is 11.9. The van der Waals surface area contributed by atoms with Crippen LogP contribution in [0.2, 0.25) is 25.7 Å². The largest absolute Gasteiger partial charge is 0.511 e. The molecule has 0 fully saturated rings. The van der Waals surface area contributed by atoms with Crippen molar-refractivity contribution in [1.82, 2.24) is 0 Å². The molecule has 0 heterocycles. The number of carboxylic acid groups (broad SMARTS) is 1. The van der Waals surface area contributed by atoms with E-state index in [2.05, 4.69) is 19.6 Å². The van der Waals surface area contributed by atoms with Crippen molar-refractivity contribution in [3.63, 3.8) is 0 Å². The Kier molecular flexibility index (Phi) is 6.65. The van der Waals surface area contributed by atoms with Gasteiger partial charge in [-0.15, -0.1) is 0 Å². The minimum Gasteiger partial charge on any atom is -0.493 e. The molecular weight excluding hydrogens is 340 g/mol. The minimum absolute atomic E-state index is 0.0452. The van der Waals surface area contributed by atoms with Crippen LogP contribution in [0.4, 0.5) is 4.79 Å². The fourth-order valence-corrected chi connectivity index (χ4v) is 3.16. The Hall–Kier alpha value is -2.02. The second-order valence-corrected chi connectivity index (χ2v) is 13.7. The van der Waals surface area contributed by atoms with E-state index in [1.165, 1.54) is 13.2 Å². The highest BCUT2D eigenvalue weighted by Gasteiger charge is 2.30. The Balaban J connectivity index is 3.49. The molecule has 1 aromatic rings. The quantitative estimate of drug-likeness (QED) is 0.328. The van der Waals surface area contributed by atoms with Crippen LogP contribution in [0.15, 0.2) is 6.07 Å². The second kappa shape index (κ2) is 7.90. The molecule has 0 amide bonds. The van der Waals surface area contributed by atoms with Crippen LogP contribution in [-0.4, -0.2) is 39.3 Å². The number of rotatable bonds is 7. The monoisotopic (exact) mass is 368 g/mol. The molecule has 0 bridgehead atoms. The van der Waals surface area contributed by atoms with Crippen LogP contribution in [0.1, 0.15) is 36.7 Å². The van der Waals surface area contributed by atoms with E-state index in [-0.39, 0.29) is 11.3 Å². The standard InChI is InChI=1S/C18H28O6Si/c1-18(2,3)15-12(11-19)13(24-17(20)21)10-14(16(15)22-4)23-8-9-25(5,6)7/h10-11H,8-9H2,1-7H3,(H,20,21). The maximum Gasteiger partial charge on any atom is 0.511 e. The lowest BCUT2D eigenvalue weighted by atomic mass is 9.82. The molecule has 0 saturated carbocycles. The van der Waals surface area contributed by atoms with Gasteiger partial charge < -0.3 is 19.3 Å². The molecule has 0 unspecified atom stereocenters. The number of benzene rings is 1. The maximum atomic E-state index is 11.6. The normalized spacial score (nSPS) is 11.8. The van der Waals surface area contributed by atoms with Gasteiger partial charge >= 0.3 is 6.16 Å². The molecule has 1 aromatic carbocycles. The first kappa shape index (κ1) is 21.0. The van der Waals surface area contributed by atoms with Crippen molar-refractivity contribution < 1.29 is 28.9 Å². The van der Waals surface area contributed by atoms with E-state index < -0.39 is 19.6 Å². The summed E-state index contributed by atoms with van der Waals surface area (Å²) < 4.78 is 16.2. The molecular formula is C18H28O6Si. The lowest BCUT2D eigenvalue weighted by Crippen LogP contribution is -2.23. The van der Waals surface area contributed by atoms with E-state index in [9.17, 15) is 9.59 Å². The van der Waals surface area contributed by atoms with Crippen LogP contribution in [0.5, 0.6) is 17.2 Å². The van der Waals surface area contributed by atoms with Gasteiger partial charge in [0.2, 0.25) is 0 Å². The number of hydrogen-bond donors (Lipinski definition) is 1. The van der Waals surface area contributed by atoms with E-state index >= 15 is 0 Å². The first-order valence-electron chi connectivity index (χ1n) is 8.15. The average molecular weight is 369 g/mol. The molecule has 140 valence electrons. The molecule has 0 aliphatic rings. The van der Waals surface area contributed by atoms with E-state index in [0.29, 0.717) is 30.0 Å². The van der Waals surface area contributed by atoms with E-state index in [1.54, 1.807) is 0 Å². The zero-order chi connectivity index (χ0) is 19.4. The molecule has 0 aliphatic heterocycles. The van der Waals surface area contributed by atoms with Gasteiger partial charge in [0, 0.05) is 19.7 Å². The molecule has 25 heavy (non-hydrogen) atoms. The number of hydrogen-bond acceptors (Lipinski definition) is 5. The van der Waals surface area contributed by atoms with Crippen LogP contribution < -0.4 is 14.2 Å². The highest BCUT2D eigenvalue weighted by Crippen LogP contribution is 2.45. The van der Waals surface area contributed by atoms with Crippen molar-refractivity contribution in [3.05, 3.63) is 17.2 Å². The zero-order valence-electron chi connectivity index (χ0n) is 16.1. The summed E-state index contributed by atoms with van der Waals surface area (Å²) in [6.07, 6.45) is -0.895. The van der Waals surface area contributed by atoms with Gasteiger partial charge in [0.05, 0.1) is 19.3 Å². The molecule has 0 atom stereocenters. The van der Waals surface area contributed by atoms with Gasteiger partial charge in [-0.25, -0.2) is 4.79 Å². The Labute approximate surface area is 150 Å². The van der Waals surface area contributed by atoms with Gasteiger partial charge in [-0.1, -0.05) is 40.4 Å². The van der Waals surface area contributed by atoms with E-state index in [4.69, 9.17) is 19.3 Å².